The van der Waals surface area contributed by atoms with Crippen LogP contribution in [0, 0.1) is 17.3 Å². The van der Waals surface area contributed by atoms with Crippen LogP contribution in [0.1, 0.15) is 91.7 Å². The summed E-state index contributed by atoms with van der Waals surface area (Å²) in [4.78, 5) is 116. The quantitative estimate of drug-likeness (QED) is 0.238. The van der Waals surface area contributed by atoms with Crippen molar-refractivity contribution < 1.29 is 86.1 Å². The third-order valence-electron chi connectivity index (χ3n) is 13.0. The molecule has 3 heterocycles. The summed E-state index contributed by atoms with van der Waals surface area (Å²) in [6.45, 7) is 6.13. The smallest absolute Gasteiger partial charge is 0.340 e. The van der Waals surface area contributed by atoms with E-state index >= 15 is 0 Å². The fourth-order valence-electron chi connectivity index (χ4n) is 10.3. The van der Waals surface area contributed by atoms with Crippen molar-refractivity contribution in [2.45, 2.75) is 115 Å². The van der Waals surface area contributed by atoms with Crippen LogP contribution in [0.25, 0.3) is 0 Å². The van der Waals surface area contributed by atoms with Crippen molar-refractivity contribution in [2.24, 2.45) is 17.3 Å². The van der Waals surface area contributed by atoms with Crippen LogP contribution in [-0.2, 0) is 73.0 Å². The van der Waals surface area contributed by atoms with Crippen LogP contribution in [0.15, 0.2) is 79.0 Å². The molecule has 0 radical (unpaired) electrons. The van der Waals surface area contributed by atoms with E-state index in [0.717, 1.165) is 34.6 Å². The summed E-state index contributed by atoms with van der Waals surface area (Å²) >= 11 is 0. The lowest BCUT2D eigenvalue weighted by molar-refractivity contribution is -0.385. The second kappa shape index (κ2) is 18.5. The second-order valence-electron chi connectivity index (χ2n) is 17.6. The maximum Gasteiger partial charge on any atom is 0.340 e. The van der Waals surface area contributed by atoms with Crippen molar-refractivity contribution in [3.8, 4) is 0 Å². The van der Waals surface area contributed by atoms with Gasteiger partial charge in [-0.25, -0.2) is 14.4 Å². The van der Waals surface area contributed by atoms with Crippen LogP contribution in [0.5, 0.6) is 0 Å². The lowest BCUT2D eigenvalue weighted by Gasteiger charge is -2.67. The van der Waals surface area contributed by atoms with Crippen molar-refractivity contribution >= 4 is 47.8 Å². The van der Waals surface area contributed by atoms with Gasteiger partial charge in [-0.15, -0.1) is 0 Å². The number of pyridine rings is 1. The van der Waals surface area contributed by atoms with Gasteiger partial charge in [0, 0.05) is 33.9 Å². The Morgan fingerprint density at radius 3 is 1.84 bits per heavy atom. The summed E-state index contributed by atoms with van der Waals surface area (Å²) in [5.41, 5.74) is -10.5. The molecule has 12 atom stereocenters. The van der Waals surface area contributed by atoms with Crippen LogP contribution in [-0.4, -0.2) is 124 Å². The third kappa shape index (κ3) is 8.50. The molecule has 356 valence electrons. The molecular formula is C48H51NO18. The third-order valence-corrected chi connectivity index (χ3v) is 13.0. The molecule has 3 fully saturated rings. The Labute approximate surface area is 384 Å². The van der Waals surface area contributed by atoms with Crippen molar-refractivity contribution in [3.63, 3.8) is 0 Å². The van der Waals surface area contributed by atoms with Gasteiger partial charge in [0.15, 0.2) is 30.0 Å². The summed E-state index contributed by atoms with van der Waals surface area (Å²) in [6, 6.07) is 17.9. The van der Waals surface area contributed by atoms with Crippen molar-refractivity contribution in [1.82, 2.24) is 4.98 Å². The molecule has 19 nitrogen and oxygen atoms in total. The van der Waals surface area contributed by atoms with Gasteiger partial charge in [0.05, 0.1) is 34.2 Å². The highest BCUT2D eigenvalue weighted by molar-refractivity contribution is 5.91. The fourth-order valence-corrected chi connectivity index (χ4v) is 10.3. The first-order valence-electron chi connectivity index (χ1n) is 21.6. The van der Waals surface area contributed by atoms with Crippen molar-refractivity contribution in [3.05, 3.63) is 101 Å². The SMILES string of the molecule is CC(=O)OC[C@]12[C@H](OC(C)=O)[C@H](OC(C)=O)C3[C@@H](OC(=O)c4ccccc4)C14O[C@@]3(C)COC(=O)c1cccnc1CCC(C)C(=O)O[C@@H]([C@H](OC(C)=O)[C@@H]2OC(=O)c1ccccc1)[C@@]4(C)O. The Morgan fingerprint density at radius 1 is 0.716 bits per heavy atom. The number of cyclic esters (lactones) is 1. The molecule has 2 saturated carbocycles. The van der Waals surface area contributed by atoms with E-state index in [2.05, 4.69) is 4.98 Å². The van der Waals surface area contributed by atoms with Gasteiger partial charge in [-0.3, -0.25) is 29.0 Å². The van der Waals surface area contributed by atoms with Crippen LogP contribution < -0.4 is 0 Å². The molecular weight excluding hydrogens is 879 g/mol. The number of carbonyl (C=O) groups excluding carboxylic acids is 8. The average Bonchev–Trinajstić information content (AvgIpc) is 3.51. The highest BCUT2D eigenvalue weighted by Crippen LogP contribution is 2.70. The first-order chi connectivity index (χ1) is 31.7. The Bertz CT molecular complexity index is 2440. The van der Waals surface area contributed by atoms with E-state index in [0.29, 0.717) is 0 Å². The molecule has 67 heavy (non-hydrogen) atoms. The fraction of sp³-hybridized carbons (Fsp3) is 0.479. The minimum Gasteiger partial charge on any atom is -0.465 e. The minimum atomic E-state index is -2.90. The Balaban J connectivity index is 1.64. The summed E-state index contributed by atoms with van der Waals surface area (Å²) in [7, 11) is 0. The number of hydrogen-bond donors (Lipinski definition) is 1. The number of ether oxygens (including phenoxy) is 9. The van der Waals surface area contributed by atoms with E-state index in [4.69, 9.17) is 42.6 Å². The van der Waals surface area contributed by atoms with Gasteiger partial charge in [-0.2, -0.15) is 0 Å². The lowest BCUT2D eigenvalue weighted by Crippen LogP contribution is -2.89. The largest absolute Gasteiger partial charge is 0.465 e. The van der Waals surface area contributed by atoms with Crippen molar-refractivity contribution in [2.75, 3.05) is 13.2 Å². The van der Waals surface area contributed by atoms with Crippen LogP contribution in [0.3, 0.4) is 0 Å². The van der Waals surface area contributed by atoms with Gasteiger partial charge >= 0.3 is 47.8 Å². The van der Waals surface area contributed by atoms with Crippen LogP contribution >= 0.6 is 0 Å². The van der Waals surface area contributed by atoms with Crippen LogP contribution in [0.2, 0.25) is 0 Å². The molecule has 2 aliphatic heterocycles. The molecule has 1 N–H and O–H groups in total. The summed E-state index contributed by atoms with van der Waals surface area (Å²) in [6.07, 6.45) is -10.9. The minimum absolute atomic E-state index is 0.0137. The molecule has 1 saturated heterocycles. The second-order valence-corrected chi connectivity index (χ2v) is 17.6. The number of rotatable bonds is 9. The molecule has 3 unspecified atom stereocenters. The van der Waals surface area contributed by atoms with Crippen molar-refractivity contribution in [1.29, 1.82) is 0 Å². The molecule has 2 aromatic carbocycles. The topological polar surface area (TPSA) is 253 Å². The number of hydrogen-bond acceptors (Lipinski definition) is 19. The zero-order valence-corrected chi connectivity index (χ0v) is 37.8. The lowest BCUT2D eigenvalue weighted by atomic mass is 9.45. The first kappa shape index (κ1) is 48.2. The number of fused-ring (bicyclic) bond motifs is 5. The average molecular weight is 930 g/mol. The molecule has 4 bridgehead atoms. The molecule has 0 amide bonds. The summed E-state index contributed by atoms with van der Waals surface area (Å²) in [5.74, 6) is -10.9. The molecule has 3 aromatic rings. The van der Waals surface area contributed by atoms with E-state index in [9.17, 15) is 43.5 Å². The maximum atomic E-state index is 14.6. The number of carbonyl (C=O) groups is 8. The number of esters is 8. The number of aryl methyl sites for hydroxylation is 1. The monoisotopic (exact) mass is 929 g/mol. The van der Waals surface area contributed by atoms with Gasteiger partial charge in [0.1, 0.15) is 42.0 Å². The zero-order chi connectivity index (χ0) is 48.6. The molecule has 4 aliphatic rings. The van der Waals surface area contributed by atoms with E-state index in [-0.39, 0.29) is 35.2 Å². The first-order valence-corrected chi connectivity index (χ1v) is 21.6. The van der Waals surface area contributed by atoms with E-state index in [1.165, 1.54) is 68.6 Å². The summed E-state index contributed by atoms with van der Waals surface area (Å²) in [5, 5.41) is 13.9. The predicted molar refractivity (Wildman–Crippen MR) is 225 cm³/mol. The number of aliphatic hydroxyl groups is 1. The Kier molecular flexibility index (Phi) is 13.3. The van der Waals surface area contributed by atoms with E-state index < -0.39 is 132 Å². The highest BCUT2D eigenvalue weighted by atomic mass is 16.7. The molecule has 2 aliphatic carbocycles. The standard InChI is InChI=1S/C48H51NO18/c1-25-20-21-33-32(19-14-22-49-33)44(57)60-23-45(6)34-35(61-27(3)51)39(63-29(5)53)47(24-59-26(2)50)40(66-43(56)31-17-12-9-13-18-31)36(62-28(4)52)38(65-41(25)54)46(7,58)48(47,67-45)37(34)64-42(55)30-15-10-8-11-16-30/h8-19,22,25,34-40,58H,20-21,23-24H2,1-7H3/t25?,34?,35-,36+,37-,38+,39-,40+,45+,46-,47-,48?/m1/s1. The van der Waals surface area contributed by atoms with Gasteiger partial charge in [0.25, 0.3) is 0 Å². The van der Waals surface area contributed by atoms with Gasteiger partial charge in [-0.1, -0.05) is 43.3 Å². The Morgan fingerprint density at radius 2 is 1.27 bits per heavy atom. The molecule has 1 spiro atoms. The van der Waals surface area contributed by atoms with E-state index in [1.807, 2.05) is 0 Å². The summed E-state index contributed by atoms with van der Waals surface area (Å²) < 4.78 is 56.5. The van der Waals surface area contributed by atoms with Gasteiger partial charge in [0.2, 0.25) is 0 Å². The predicted octanol–water partition coefficient (Wildman–Crippen LogP) is 3.45. The highest BCUT2D eigenvalue weighted by Gasteiger charge is 2.92. The van der Waals surface area contributed by atoms with Gasteiger partial charge in [-0.05, 0) is 63.1 Å². The van der Waals surface area contributed by atoms with Gasteiger partial charge < -0.3 is 47.7 Å². The number of aromatic nitrogens is 1. The Hall–Kier alpha value is -6.73. The number of nitrogens with zero attached hydrogens (tertiary/aromatic N) is 1. The molecule has 7 rings (SSSR count). The normalized spacial score (nSPS) is 33.2. The number of benzene rings is 2. The maximum absolute atomic E-state index is 14.6. The molecule has 1 aromatic heterocycles. The zero-order valence-electron chi connectivity index (χ0n) is 37.8. The molecule has 19 heteroatoms. The van der Waals surface area contributed by atoms with Crippen LogP contribution in [0.4, 0.5) is 0 Å². The van der Waals surface area contributed by atoms with E-state index in [1.54, 1.807) is 24.3 Å².